The first-order chi connectivity index (χ1) is 9.95. The summed E-state index contributed by atoms with van der Waals surface area (Å²) in [4.78, 5) is 8.52. The lowest BCUT2D eigenvalue weighted by molar-refractivity contribution is 0.462. The van der Waals surface area contributed by atoms with Crippen LogP contribution in [0.25, 0.3) is 0 Å². The Kier molecular flexibility index (Phi) is 4.54. The van der Waals surface area contributed by atoms with Crippen molar-refractivity contribution in [3.05, 3.63) is 47.9 Å². The summed E-state index contributed by atoms with van der Waals surface area (Å²) in [6, 6.07) is 8.68. The predicted octanol–water partition coefficient (Wildman–Crippen LogP) is 1.65. The fourth-order valence-corrected chi connectivity index (χ4v) is 3.24. The summed E-state index contributed by atoms with van der Waals surface area (Å²) in [5, 5.41) is 2.80. The number of aromatic nitrogens is 2. The van der Waals surface area contributed by atoms with Gasteiger partial charge in [0.25, 0.3) is 0 Å². The fourth-order valence-electron chi connectivity index (χ4n) is 1.96. The molecule has 0 spiro atoms. The van der Waals surface area contributed by atoms with Crippen molar-refractivity contribution in [2.24, 2.45) is 0 Å². The number of hydrogen-bond acceptors (Lipinski definition) is 5. The van der Waals surface area contributed by atoms with Crippen molar-refractivity contribution in [3.63, 3.8) is 0 Å². The molecule has 0 unspecified atom stereocenters. The molecule has 2 aromatic rings. The zero-order chi connectivity index (χ0) is 15.5. The number of sulfonamides is 1. The Balaban J connectivity index is 2.31. The van der Waals surface area contributed by atoms with Crippen LogP contribution in [0.4, 0.5) is 5.82 Å². The van der Waals surface area contributed by atoms with E-state index in [-0.39, 0.29) is 11.4 Å². The normalized spacial score (nSPS) is 11.6. The van der Waals surface area contributed by atoms with Crippen LogP contribution in [0.2, 0.25) is 0 Å². The van der Waals surface area contributed by atoms with Crippen molar-refractivity contribution < 1.29 is 8.42 Å². The minimum absolute atomic E-state index is 0.155. The average molecular weight is 306 g/mol. The highest BCUT2D eigenvalue weighted by Crippen LogP contribution is 2.22. The molecule has 7 heteroatoms. The standard InChI is InChI=1S/C14H18N4O2S/c1-11-6-4-7-12(17-11)10-18(3)21(19,20)13-8-5-9-16-14(13)15-2/h4-9H,10H2,1-3H3,(H,15,16). The maximum atomic E-state index is 12.6. The van der Waals surface area contributed by atoms with E-state index in [1.54, 1.807) is 25.4 Å². The summed E-state index contributed by atoms with van der Waals surface area (Å²) in [5.41, 5.74) is 1.56. The Labute approximate surface area is 124 Å². The van der Waals surface area contributed by atoms with E-state index in [4.69, 9.17) is 0 Å². The van der Waals surface area contributed by atoms with Gasteiger partial charge in [0.15, 0.2) is 0 Å². The Hall–Kier alpha value is -1.99. The minimum Gasteiger partial charge on any atom is -0.372 e. The topological polar surface area (TPSA) is 75.2 Å². The van der Waals surface area contributed by atoms with E-state index in [2.05, 4.69) is 15.3 Å². The van der Waals surface area contributed by atoms with Gasteiger partial charge < -0.3 is 5.32 Å². The van der Waals surface area contributed by atoms with Gasteiger partial charge in [-0.3, -0.25) is 4.98 Å². The molecular formula is C14H18N4O2S. The third-order valence-electron chi connectivity index (χ3n) is 3.03. The van der Waals surface area contributed by atoms with Gasteiger partial charge in [-0.2, -0.15) is 4.31 Å². The Morgan fingerprint density at radius 2 is 2.00 bits per heavy atom. The van der Waals surface area contributed by atoms with E-state index in [1.165, 1.54) is 17.4 Å². The number of rotatable bonds is 5. The van der Waals surface area contributed by atoms with E-state index in [9.17, 15) is 8.42 Å². The summed E-state index contributed by atoms with van der Waals surface area (Å²) in [6.07, 6.45) is 1.55. The largest absolute Gasteiger partial charge is 0.372 e. The van der Waals surface area contributed by atoms with Gasteiger partial charge in [-0.15, -0.1) is 0 Å². The van der Waals surface area contributed by atoms with Crippen molar-refractivity contribution in [1.29, 1.82) is 0 Å². The van der Waals surface area contributed by atoms with Crippen LogP contribution < -0.4 is 5.32 Å². The van der Waals surface area contributed by atoms with Crippen LogP contribution >= 0.6 is 0 Å². The van der Waals surface area contributed by atoms with Gasteiger partial charge in [0.2, 0.25) is 10.0 Å². The summed E-state index contributed by atoms with van der Waals surface area (Å²) in [5.74, 6) is 0.335. The van der Waals surface area contributed by atoms with E-state index >= 15 is 0 Å². The quantitative estimate of drug-likeness (QED) is 0.909. The first-order valence-corrected chi connectivity index (χ1v) is 7.91. The highest BCUT2D eigenvalue weighted by Gasteiger charge is 2.24. The summed E-state index contributed by atoms with van der Waals surface area (Å²) < 4.78 is 26.5. The van der Waals surface area contributed by atoms with Gasteiger partial charge >= 0.3 is 0 Å². The van der Waals surface area contributed by atoms with E-state index in [0.717, 1.165) is 5.69 Å². The molecule has 2 rings (SSSR count). The molecule has 1 N–H and O–H groups in total. The Bertz CT molecular complexity index is 731. The number of pyridine rings is 2. The molecule has 0 fully saturated rings. The van der Waals surface area contributed by atoms with E-state index in [0.29, 0.717) is 11.5 Å². The Morgan fingerprint density at radius 1 is 1.24 bits per heavy atom. The van der Waals surface area contributed by atoms with Crippen molar-refractivity contribution in [3.8, 4) is 0 Å². The smallest absolute Gasteiger partial charge is 0.246 e. The van der Waals surface area contributed by atoms with Gasteiger partial charge in [0, 0.05) is 26.0 Å². The Morgan fingerprint density at radius 3 is 2.67 bits per heavy atom. The molecule has 0 bridgehead atoms. The molecular weight excluding hydrogens is 288 g/mol. The SMILES string of the molecule is CNc1ncccc1S(=O)(=O)N(C)Cc1cccc(C)n1. The first-order valence-electron chi connectivity index (χ1n) is 6.47. The minimum atomic E-state index is -3.62. The van der Waals surface area contributed by atoms with E-state index < -0.39 is 10.0 Å². The second-order valence-electron chi connectivity index (χ2n) is 4.63. The van der Waals surface area contributed by atoms with Crippen molar-refractivity contribution in [2.45, 2.75) is 18.4 Å². The van der Waals surface area contributed by atoms with Crippen LogP contribution in [0, 0.1) is 6.92 Å². The predicted molar refractivity (Wildman–Crippen MR) is 81.4 cm³/mol. The van der Waals surface area contributed by atoms with Crippen LogP contribution in [0.1, 0.15) is 11.4 Å². The molecule has 2 heterocycles. The summed E-state index contributed by atoms with van der Waals surface area (Å²) >= 11 is 0. The maximum Gasteiger partial charge on any atom is 0.246 e. The molecule has 0 atom stereocenters. The van der Waals surface area contributed by atoms with Gasteiger partial charge in [-0.25, -0.2) is 13.4 Å². The fraction of sp³-hybridized carbons (Fsp3) is 0.286. The highest BCUT2D eigenvalue weighted by atomic mass is 32.2. The maximum absolute atomic E-state index is 12.6. The van der Waals surface area contributed by atoms with Crippen LogP contribution in [-0.4, -0.2) is 36.8 Å². The third kappa shape index (κ3) is 3.37. The van der Waals surface area contributed by atoms with Crippen LogP contribution in [0.15, 0.2) is 41.4 Å². The molecule has 0 radical (unpaired) electrons. The first kappa shape index (κ1) is 15.4. The molecule has 0 aliphatic rings. The second-order valence-corrected chi connectivity index (χ2v) is 6.64. The molecule has 0 aliphatic carbocycles. The zero-order valence-corrected chi connectivity index (χ0v) is 13.1. The number of anilines is 1. The summed E-state index contributed by atoms with van der Waals surface area (Å²) in [6.45, 7) is 2.08. The zero-order valence-electron chi connectivity index (χ0n) is 12.2. The molecule has 21 heavy (non-hydrogen) atoms. The van der Waals surface area contributed by atoms with Gasteiger partial charge in [-0.1, -0.05) is 6.07 Å². The van der Waals surface area contributed by atoms with Crippen molar-refractivity contribution in [2.75, 3.05) is 19.4 Å². The lowest BCUT2D eigenvalue weighted by Gasteiger charge is -2.18. The number of nitrogens with one attached hydrogen (secondary N) is 1. The third-order valence-corrected chi connectivity index (χ3v) is 4.86. The number of hydrogen-bond donors (Lipinski definition) is 1. The lowest BCUT2D eigenvalue weighted by atomic mass is 10.3. The molecule has 0 aromatic carbocycles. The molecule has 0 saturated carbocycles. The number of nitrogens with zero attached hydrogens (tertiary/aromatic N) is 3. The lowest BCUT2D eigenvalue weighted by Crippen LogP contribution is -2.27. The van der Waals surface area contributed by atoms with Crippen molar-refractivity contribution >= 4 is 15.8 Å². The van der Waals surface area contributed by atoms with Crippen LogP contribution in [-0.2, 0) is 16.6 Å². The molecule has 0 amide bonds. The van der Waals surface area contributed by atoms with Crippen LogP contribution in [0.3, 0.4) is 0 Å². The highest BCUT2D eigenvalue weighted by molar-refractivity contribution is 7.89. The molecule has 6 nitrogen and oxygen atoms in total. The van der Waals surface area contributed by atoms with E-state index in [1.807, 2.05) is 19.1 Å². The van der Waals surface area contributed by atoms with Gasteiger partial charge in [-0.05, 0) is 31.2 Å². The number of aryl methyl sites for hydroxylation is 1. The second kappa shape index (κ2) is 6.19. The molecule has 112 valence electrons. The molecule has 0 aliphatic heterocycles. The average Bonchev–Trinajstić information content (AvgIpc) is 2.47. The summed E-state index contributed by atoms with van der Waals surface area (Å²) in [7, 11) is -0.449. The van der Waals surface area contributed by atoms with Crippen molar-refractivity contribution in [1.82, 2.24) is 14.3 Å². The van der Waals surface area contributed by atoms with Gasteiger partial charge in [0.1, 0.15) is 10.7 Å². The molecule has 2 aromatic heterocycles. The van der Waals surface area contributed by atoms with Gasteiger partial charge in [0.05, 0.1) is 12.2 Å². The molecule has 0 saturated heterocycles. The van der Waals surface area contributed by atoms with Crippen LogP contribution in [0.5, 0.6) is 0 Å². The monoisotopic (exact) mass is 306 g/mol.